The van der Waals surface area contributed by atoms with E-state index in [0.29, 0.717) is 6.04 Å². The first-order valence-electron chi connectivity index (χ1n) is 5.39. The fourth-order valence-corrected chi connectivity index (χ4v) is 2.21. The zero-order chi connectivity index (χ0) is 9.10. The van der Waals surface area contributed by atoms with Crippen LogP contribution in [-0.4, -0.2) is 50.3 Å². The summed E-state index contributed by atoms with van der Waals surface area (Å²) in [7, 11) is 0. The molecule has 2 atom stereocenters. The normalized spacial score (nSPS) is 36.7. The van der Waals surface area contributed by atoms with Gasteiger partial charge >= 0.3 is 0 Å². The molecule has 13 heavy (non-hydrogen) atoms. The Balaban J connectivity index is 1.78. The Morgan fingerprint density at radius 2 is 2.46 bits per heavy atom. The third kappa shape index (κ3) is 2.42. The molecule has 2 aliphatic heterocycles. The van der Waals surface area contributed by atoms with Crippen LogP contribution in [0.5, 0.6) is 0 Å². The van der Waals surface area contributed by atoms with Crippen LogP contribution in [0, 0.1) is 5.92 Å². The van der Waals surface area contributed by atoms with Crippen molar-refractivity contribution in [1.82, 2.24) is 10.2 Å². The Labute approximate surface area is 80.4 Å². The van der Waals surface area contributed by atoms with Crippen molar-refractivity contribution in [2.24, 2.45) is 5.92 Å². The SMILES string of the molecule is CC1CNCCN1CC1CCOC1. The van der Waals surface area contributed by atoms with Crippen molar-refractivity contribution in [3.05, 3.63) is 0 Å². The van der Waals surface area contributed by atoms with Crippen molar-refractivity contribution in [3.8, 4) is 0 Å². The Morgan fingerprint density at radius 1 is 1.54 bits per heavy atom. The van der Waals surface area contributed by atoms with Crippen molar-refractivity contribution >= 4 is 0 Å². The zero-order valence-corrected chi connectivity index (χ0v) is 8.46. The minimum absolute atomic E-state index is 0.703. The molecule has 0 aromatic rings. The van der Waals surface area contributed by atoms with E-state index in [-0.39, 0.29) is 0 Å². The van der Waals surface area contributed by atoms with Crippen LogP contribution in [0.15, 0.2) is 0 Å². The van der Waals surface area contributed by atoms with Gasteiger partial charge in [0, 0.05) is 38.8 Å². The Hall–Kier alpha value is -0.120. The Morgan fingerprint density at radius 3 is 3.15 bits per heavy atom. The van der Waals surface area contributed by atoms with Gasteiger partial charge in [0.25, 0.3) is 0 Å². The van der Waals surface area contributed by atoms with Gasteiger partial charge in [-0.05, 0) is 19.3 Å². The zero-order valence-electron chi connectivity index (χ0n) is 8.46. The van der Waals surface area contributed by atoms with E-state index >= 15 is 0 Å². The molecule has 76 valence electrons. The standard InChI is InChI=1S/C10H20N2O/c1-9-6-11-3-4-12(9)7-10-2-5-13-8-10/h9-11H,2-8H2,1H3. The van der Waals surface area contributed by atoms with Crippen molar-refractivity contribution in [2.75, 3.05) is 39.4 Å². The average molecular weight is 184 g/mol. The van der Waals surface area contributed by atoms with Crippen LogP contribution in [0.2, 0.25) is 0 Å². The van der Waals surface area contributed by atoms with E-state index in [4.69, 9.17) is 4.74 Å². The van der Waals surface area contributed by atoms with Crippen LogP contribution >= 0.6 is 0 Å². The first-order valence-corrected chi connectivity index (χ1v) is 5.39. The van der Waals surface area contributed by atoms with E-state index in [9.17, 15) is 0 Å². The van der Waals surface area contributed by atoms with Gasteiger partial charge in [-0.3, -0.25) is 4.90 Å². The highest BCUT2D eigenvalue weighted by molar-refractivity contribution is 4.79. The molecule has 2 heterocycles. The van der Waals surface area contributed by atoms with Crippen LogP contribution in [0.3, 0.4) is 0 Å². The van der Waals surface area contributed by atoms with Crippen molar-refractivity contribution in [1.29, 1.82) is 0 Å². The lowest BCUT2D eigenvalue weighted by Crippen LogP contribution is -2.51. The average Bonchev–Trinajstić information content (AvgIpc) is 2.61. The van der Waals surface area contributed by atoms with Crippen molar-refractivity contribution in [3.63, 3.8) is 0 Å². The largest absolute Gasteiger partial charge is 0.381 e. The fraction of sp³-hybridized carbons (Fsp3) is 1.00. The van der Waals surface area contributed by atoms with Gasteiger partial charge in [0.15, 0.2) is 0 Å². The van der Waals surface area contributed by atoms with Gasteiger partial charge in [0.2, 0.25) is 0 Å². The quantitative estimate of drug-likeness (QED) is 0.669. The molecule has 0 aromatic heterocycles. The van der Waals surface area contributed by atoms with Gasteiger partial charge in [-0.1, -0.05) is 0 Å². The lowest BCUT2D eigenvalue weighted by Gasteiger charge is -2.35. The summed E-state index contributed by atoms with van der Waals surface area (Å²) in [6, 6.07) is 0.703. The predicted molar refractivity (Wildman–Crippen MR) is 52.8 cm³/mol. The van der Waals surface area contributed by atoms with Gasteiger partial charge < -0.3 is 10.1 Å². The molecular weight excluding hydrogens is 164 g/mol. The van der Waals surface area contributed by atoms with Crippen LogP contribution in [0.4, 0.5) is 0 Å². The van der Waals surface area contributed by atoms with Crippen LogP contribution < -0.4 is 5.32 Å². The topological polar surface area (TPSA) is 24.5 Å². The smallest absolute Gasteiger partial charge is 0.0507 e. The van der Waals surface area contributed by atoms with Crippen LogP contribution in [0.25, 0.3) is 0 Å². The number of nitrogens with one attached hydrogen (secondary N) is 1. The molecule has 2 fully saturated rings. The molecule has 2 rings (SSSR count). The molecule has 2 aliphatic rings. The predicted octanol–water partition coefficient (Wildman–Crippen LogP) is 0.317. The Bertz CT molecular complexity index is 157. The van der Waals surface area contributed by atoms with Gasteiger partial charge in [-0.2, -0.15) is 0 Å². The molecule has 2 saturated heterocycles. The second kappa shape index (κ2) is 4.40. The number of rotatable bonds is 2. The first-order chi connectivity index (χ1) is 6.36. The molecule has 3 nitrogen and oxygen atoms in total. The second-order valence-electron chi connectivity index (χ2n) is 4.28. The molecule has 3 heteroatoms. The summed E-state index contributed by atoms with van der Waals surface area (Å²) < 4.78 is 5.39. The van der Waals surface area contributed by atoms with Crippen molar-refractivity contribution in [2.45, 2.75) is 19.4 Å². The lowest BCUT2D eigenvalue weighted by molar-refractivity contribution is 0.131. The highest BCUT2D eigenvalue weighted by Crippen LogP contribution is 2.15. The highest BCUT2D eigenvalue weighted by Gasteiger charge is 2.23. The number of hydrogen-bond acceptors (Lipinski definition) is 3. The van der Waals surface area contributed by atoms with Gasteiger partial charge in [0.05, 0.1) is 6.61 Å². The summed E-state index contributed by atoms with van der Waals surface area (Å²) in [5, 5.41) is 3.42. The minimum atomic E-state index is 0.703. The van der Waals surface area contributed by atoms with Gasteiger partial charge in [-0.15, -0.1) is 0 Å². The number of nitrogens with zero attached hydrogens (tertiary/aromatic N) is 1. The van der Waals surface area contributed by atoms with E-state index in [2.05, 4.69) is 17.1 Å². The van der Waals surface area contributed by atoms with Crippen molar-refractivity contribution < 1.29 is 4.74 Å². The maximum Gasteiger partial charge on any atom is 0.0507 e. The number of hydrogen-bond donors (Lipinski definition) is 1. The molecule has 2 unspecified atom stereocenters. The number of ether oxygens (including phenoxy) is 1. The van der Waals surface area contributed by atoms with Gasteiger partial charge in [-0.25, -0.2) is 0 Å². The molecule has 0 saturated carbocycles. The van der Waals surface area contributed by atoms with E-state index in [1.165, 1.54) is 19.5 Å². The molecule has 0 aromatic carbocycles. The van der Waals surface area contributed by atoms with E-state index < -0.39 is 0 Å². The molecular formula is C10H20N2O. The maximum absolute atomic E-state index is 5.39. The van der Waals surface area contributed by atoms with Crippen LogP contribution in [0.1, 0.15) is 13.3 Å². The molecule has 0 amide bonds. The van der Waals surface area contributed by atoms with E-state index in [1.54, 1.807) is 0 Å². The Kier molecular flexibility index (Phi) is 3.19. The van der Waals surface area contributed by atoms with E-state index in [0.717, 1.165) is 32.2 Å². The molecule has 0 spiro atoms. The summed E-state index contributed by atoms with van der Waals surface area (Å²) >= 11 is 0. The molecule has 0 bridgehead atoms. The lowest BCUT2D eigenvalue weighted by atomic mass is 10.1. The second-order valence-corrected chi connectivity index (χ2v) is 4.28. The number of piperazine rings is 1. The summed E-state index contributed by atoms with van der Waals surface area (Å²) in [6.45, 7) is 9.01. The monoisotopic (exact) mass is 184 g/mol. The maximum atomic E-state index is 5.39. The summed E-state index contributed by atoms with van der Waals surface area (Å²) in [5.41, 5.74) is 0. The van der Waals surface area contributed by atoms with Crippen LogP contribution in [-0.2, 0) is 4.74 Å². The summed E-state index contributed by atoms with van der Waals surface area (Å²) in [6.07, 6.45) is 1.26. The summed E-state index contributed by atoms with van der Waals surface area (Å²) in [4.78, 5) is 2.59. The third-order valence-corrected chi connectivity index (χ3v) is 3.16. The molecule has 1 N–H and O–H groups in total. The highest BCUT2D eigenvalue weighted by atomic mass is 16.5. The molecule has 0 radical (unpaired) electrons. The fourth-order valence-electron chi connectivity index (χ4n) is 2.21. The summed E-state index contributed by atoms with van der Waals surface area (Å²) in [5.74, 6) is 0.792. The molecule has 0 aliphatic carbocycles. The third-order valence-electron chi connectivity index (χ3n) is 3.16. The minimum Gasteiger partial charge on any atom is -0.381 e. The first kappa shape index (κ1) is 9.44. The van der Waals surface area contributed by atoms with Gasteiger partial charge in [0.1, 0.15) is 0 Å². The van der Waals surface area contributed by atoms with E-state index in [1.807, 2.05) is 0 Å².